The van der Waals surface area contributed by atoms with Gasteiger partial charge in [0, 0.05) is 51.2 Å². The summed E-state index contributed by atoms with van der Waals surface area (Å²) in [6.07, 6.45) is 3.71. The third-order valence-electron chi connectivity index (χ3n) is 5.99. The van der Waals surface area contributed by atoms with Crippen LogP contribution in [0.1, 0.15) is 5.56 Å². The average molecular weight is 480 g/mol. The van der Waals surface area contributed by atoms with Gasteiger partial charge in [0.05, 0.1) is 22.5 Å². The molecule has 1 aromatic heterocycles. The Bertz CT molecular complexity index is 1210. The van der Waals surface area contributed by atoms with Crippen LogP contribution < -0.4 is 10.2 Å². The highest BCUT2D eigenvalue weighted by atomic mass is 32.2. The highest BCUT2D eigenvalue weighted by Crippen LogP contribution is 2.28. The van der Waals surface area contributed by atoms with E-state index < -0.39 is 0 Å². The maximum absolute atomic E-state index is 12.0. The van der Waals surface area contributed by atoms with Gasteiger partial charge in [0.2, 0.25) is 0 Å². The molecule has 0 radical (unpaired) electrons. The number of rotatable bonds is 6. The highest BCUT2D eigenvalue weighted by Gasteiger charge is 2.22. The lowest BCUT2D eigenvalue weighted by atomic mass is 10.1. The fourth-order valence-electron chi connectivity index (χ4n) is 4.17. The van der Waals surface area contributed by atoms with Crippen molar-refractivity contribution in [1.29, 1.82) is 0 Å². The van der Waals surface area contributed by atoms with Crippen molar-refractivity contribution >= 4 is 57.0 Å². The van der Waals surface area contributed by atoms with E-state index in [1.165, 1.54) is 17.4 Å². The molecule has 7 nitrogen and oxygen atoms in total. The molecular formula is C24H25N5O2S2. The van der Waals surface area contributed by atoms with Crippen LogP contribution in [0.2, 0.25) is 0 Å². The summed E-state index contributed by atoms with van der Waals surface area (Å²) < 4.78 is 7.77. The summed E-state index contributed by atoms with van der Waals surface area (Å²) in [4.78, 5) is 22.0. The van der Waals surface area contributed by atoms with Crippen LogP contribution in [0, 0.1) is 0 Å². The van der Waals surface area contributed by atoms with Crippen molar-refractivity contribution in [2.45, 2.75) is 0 Å². The van der Waals surface area contributed by atoms with Crippen molar-refractivity contribution in [2.75, 3.05) is 51.3 Å². The molecule has 33 heavy (non-hydrogen) atoms. The molecule has 0 aliphatic carbocycles. The van der Waals surface area contributed by atoms with Crippen LogP contribution in [-0.2, 0) is 9.53 Å². The zero-order valence-corrected chi connectivity index (χ0v) is 20.0. The summed E-state index contributed by atoms with van der Waals surface area (Å²) in [5.41, 5.74) is 5.14. The second-order valence-corrected chi connectivity index (χ2v) is 9.77. The van der Waals surface area contributed by atoms with Crippen molar-refractivity contribution in [3.63, 3.8) is 0 Å². The maximum Gasteiger partial charge on any atom is 0.263 e. The van der Waals surface area contributed by atoms with E-state index >= 15 is 0 Å². The van der Waals surface area contributed by atoms with Crippen LogP contribution in [0.3, 0.4) is 0 Å². The van der Waals surface area contributed by atoms with E-state index in [0.717, 1.165) is 61.6 Å². The zero-order chi connectivity index (χ0) is 22.8. The third-order valence-corrected chi connectivity index (χ3v) is 7.15. The zero-order valence-electron chi connectivity index (χ0n) is 18.4. The van der Waals surface area contributed by atoms with Gasteiger partial charge in [-0.3, -0.25) is 14.3 Å². The summed E-state index contributed by atoms with van der Waals surface area (Å²) in [7, 11) is 1.75. The van der Waals surface area contributed by atoms with Crippen molar-refractivity contribution in [2.24, 2.45) is 0 Å². The number of hydrogen-bond donors (Lipinski definition) is 1. The number of piperazine rings is 1. The Morgan fingerprint density at radius 3 is 2.58 bits per heavy atom. The average Bonchev–Trinajstić information content (AvgIpc) is 3.40. The number of methoxy groups -OCH3 is 1. The van der Waals surface area contributed by atoms with E-state index in [4.69, 9.17) is 17.0 Å². The van der Waals surface area contributed by atoms with Gasteiger partial charge in [0.1, 0.15) is 10.6 Å². The number of hydrogen-bond acceptors (Lipinski definition) is 7. The smallest absolute Gasteiger partial charge is 0.263 e. The Kier molecular flexibility index (Phi) is 6.45. The van der Waals surface area contributed by atoms with Crippen molar-refractivity contribution < 1.29 is 9.53 Å². The largest absolute Gasteiger partial charge is 0.383 e. The topological polar surface area (TPSA) is 62.6 Å². The lowest BCUT2D eigenvalue weighted by molar-refractivity contribution is -0.115. The number of benzene rings is 2. The first kappa shape index (κ1) is 22.1. The van der Waals surface area contributed by atoms with Gasteiger partial charge in [-0.25, -0.2) is 4.98 Å². The Morgan fingerprint density at radius 2 is 1.88 bits per heavy atom. The molecule has 0 spiro atoms. The molecule has 3 heterocycles. The molecule has 2 aliphatic rings. The summed E-state index contributed by atoms with van der Waals surface area (Å²) in [5.74, 6) is -0.145. The summed E-state index contributed by atoms with van der Waals surface area (Å²) >= 11 is 6.37. The van der Waals surface area contributed by atoms with E-state index in [0.29, 0.717) is 9.23 Å². The number of ether oxygens (including phenoxy) is 1. The number of imidazole rings is 1. The van der Waals surface area contributed by atoms with Gasteiger partial charge >= 0.3 is 0 Å². The van der Waals surface area contributed by atoms with E-state index in [9.17, 15) is 4.79 Å². The third kappa shape index (κ3) is 4.81. The number of fused-ring (bicyclic) bond motifs is 1. The molecule has 0 unspecified atom stereocenters. The SMILES string of the molecule is COCCN1CCN(c2ccc(-n3cnc4ccc(C=C5SC(=S)NC5=O)cc43)cc2)CC1. The summed E-state index contributed by atoms with van der Waals surface area (Å²) in [5, 5.41) is 2.66. The van der Waals surface area contributed by atoms with Crippen molar-refractivity contribution in [3.8, 4) is 5.69 Å². The van der Waals surface area contributed by atoms with Crippen LogP contribution in [-0.4, -0.2) is 71.1 Å². The van der Waals surface area contributed by atoms with Crippen molar-refractivity contribution in [1.82, 2.24) is 19.8 Å². The number of anilines is 1. The van der Waals surface area contributed by atoms with Crippen LogP contribution in [0.15, 0.2) is 53.7 Å². The van der Waals surface area contributed by atoms with E-state index in [1.54, 1.807) is 7.11 Å². The molecule has 0 saturated carbocycles. The van der Waals surface area contributed by atoms with Gasteiger partial charge in [-0.2, -0.15) is 0 Å². The monoisotopic (exact) mass is 479 g/mol. The first-order valence-corrected chi connectivity index (χ1v) is 12.1. The van der Waals surface area contributed by atoms with Gasteiger partial charge in [0.25, 0.3) is 5.91 Å². The predicted octanol–water partition coefficient (Wildman–Crippen LogP) is 3.28. The first-order valence-electron chi connectivity index (χ1n) is 10.9. The molecule has 2 aromatic carbocycles. The second-order valence-electron chi connectivity index (χ2n) is 8.05. The summed E-state index contributed by atoms with van der Waals surface area (Å²) in [6.45, 7) is 5.92. The van der Waals surface area contributed by atoms with E-state index in [2.05, 4.69) is 55.0 Å². The Hall–Kier alpha value is -2.72. The molecule has 170 valence electrons. The fraction of sp³-hybridized carbons (Fsp3) is 0.292. The molecule has 0 atom stereocenters. The number of carbonyl (C=O) groups is 1. The lowest BCUT2D eigenvalue weighted by Gasteiger charge is -2.36. The number of thioether (sulfide) groups is 1. The highest BCUT2D eigenvalue weighted by molar-refractivity contribution is 8.26. The molecule has 2 saturated heterocycles. The standard InChI is InChI=1S/C24H25N5O2S2/c1-31-13-12-27-8-10-28(11-9-27)18-3-5-19(6-4-18)29-16-25-20-7-2-17(14-21(20)29)15-22-23(30)26-24(32)33-22/h2-7,14-16H,8-13H2,1H3,(H,26,30,32). The minimum Gasteiger partial charge on any atom is -0.383 e. The maximum atomic E-state index is 12.0. The van der Waals surface area contributed by atoms with Crippen LogP contribution in [0.25, 0.3) is 22.8 Å². The number of nitrogens with one attached hydrogen (secondary N) is 1. The minimum absolute atomic E-state index is 0.145. The lowest BCUT2D eigenvalue weighted by Crippen LogP contribution is -2.47. The Morgan fingerprint density at radius 1 is 1.12 bits per heavy atom. The summed E-state index contributed by atoms with van der Waals surface area (Å²) in [6, 6.07) is 14.6. The van der Waals surface area contributed by atoms with E-state index in [-0.39, 0.29) is 5.91 Å². The van der Waals surface area contributed by atoms with Gasteiger partial charge < -0.3 is 15.0 Å². The molecule has 3 aromatic rings. The first-order chi connectivity index (χ1) is 16.1. The molecule has 2 aliphatic heterocycles. The normalized spacial score (nSPS) is 18.5. The molecule has 5 rings (SSSR count). The number of nitrogens with zero attached hydrogens (tertiary/aromatic N) is 4. The molecule has 1 amide bonds. The van der Waals surface area contributed by atoms with Crippen molar-refractivity contribution in [3.05, 3.63) is 59.3 Å². The predicted molar refractivity (Wildman–Crippen MR) is 138 cm³/mol. The van der Waals surface area contributed by atoms with Crippen LogP contribution in [0.5, 0.6) is 0 Å². The van der Waals surface area contributed by atoms with Gasteiger partial charge in [-0.05, 0) is 48.0 Å². The van der Waals surface area contributed by atoms with Gasteiger partial charge in [-0.1, -0.05) is 30.0 Å². The Balaban J connectivity index is 1.34. The van der Waals surface area contributed by atoms with Gasteiger partial charge in [-0.15, -0.1) is 0 Å². The van der Waals surface area contributed by atoms with Crippen LogP contribution >= 0.6 is 24.0 Å². The molecule has 9 heteroatoms. The van der Waals surface area contributed by atoms with E-state index in [1.807, 2.05) is 24.5 Å². The number of amides is 1. The fourth-order valence-corrected chi connectivity index (χ4v) is 5.21. The minimum atomic E-state index is -0.145. The Labute approximate surface area is 202 Å². The second kappa shape index (κ2) is 9.64. The quantitative estimate of drug-likeness (QED) is 0.430. The van der Waals surface area contributed by atoms with Gasteiger partial charge in [0.15, 0.2) is 0 Å². The number of thiocarbonyl (C=S) groups is 1. The van der Waals surface area contributed by atoms with Crippen LogP contribution in [0.4, 0.5) is 5.69 Å². The molecule has 1 N–H and O–H groups in total. The molecule has 2 fully saturated rings. The number of carbonyl (C=O) groups excluding carboxylic acids is 1. The molecule has 0 bridgehead atoms. The number of aromatic nitrogens is 2. The molecular weight excluding hydrogens is 454 g/mol.